The lowest BCUT2D eigenvalue weighted by Gasteiger charge is -2.39. The molecule has 0 bridgehead atoms. The topological polar surface area (TPSA) is 69.3 Å². The van der Waals surface area contributed by atoms with Gasteiger partial charge >= 0.3 is 0 Å². The Kier molecular flexibility index (Phi) is 13.4. The molecule has 2 atom stereocenters. The highest BCUT2D eigenvalue weighted by atomic mass is 32.2. The molecule has 0 spiro atoms. The number of anilines is 1. The van der Waals surface area contributed by atoms with E-state index < -0.39 is 0 Å². The minimum absolute atomic E-state index is 0.0617. The first-order valence-corrected chi connectivity index (χ1v) is 17.1. The molecular weight excluding hydrogens is 549 g/mol. The Hall–Kier alpha value is -2.11. The molecule has 0 saturated carbocycles. The third kappa shape index (κ3) is 8.70. The average Bonchev–Trinajstić information content (AvgIpc) is 3.19. The van der Waals surface area contributed by atoms with E-state index in [-0.39, 0.29) is 17.0 Å². The Balaban J connectivity index is 1.79. The van der Waals surface area contributed by atoms with Gasteiger partial charge in [0.25, 0.3) is 11.5 Å². The van der Waals surface area contributed by atoms with Crippen molar-refractivity contribution in [2.75, 3.05) is 24.5 Å². The van der Waals surface area contributed by atoms with E-state index in [1.54, 1.807) is 9.47 Å². The molecule has 0 radical (unpaired) electrons. The van der Waals surface area contributed by atoms with Crippen molar-refractivity contribution in [1.29, 1.82) is 5.26 Å². The highest BCUT2D eigenvalue weighted by Gasteiger charge is 2.34. The van der Waals surface area contributed by atoms with Crippen LogP contribution in [0.3, 0.4) is 0 Å². The van der Waals surface area contributed by atoms with E-state index in [9.17, 15) is 14.9 Å². The molecule has 2 saturated heterocycles. The summed E-state index contributed by atoms with van der Waals surface area (Å²) in [5, 5.41) is 9.92. The van der Waals surface area contributed by atoms with Crippen molar-refractivity contribution in [3.63, 3.8) is 0 Å². The monoisotopic (exact) mass is 598 g/mol. The smallest absolute Gasteiger partial charge is 0.270 e. The third-order valence-corrected chi connectivity index (χ3v) is 9.72. The van der Waals surface area contributed by atoms with Gasteiger partial charge in [-0.1, -0.05) is 109 Å². The predicted octanol–water partition coefficient (Wildman–Crippen LogP) is 8.04. The summed E-state index contributed by atoms with van der Waals surface area (Å²) in [7, 11) is 0. The Morgan fingerprint density at radius 1 is 0.927 bits per heavy atom. The number of nitrogens with zero attached hydrogens (tertiary/aromatic N) is 4. The van der Waals surface area contributed by atoms with Crippen molar-refractivity contribution < 1.29 is 4.79 Å². The van der Waals surface area contributed by atoms with E-state index in [1.807, 2.05) is 19.9 Å². The molecule has 226 valence electrons. The van der Waals surface area contributed by atoms with Gasteiger partial charge in [-0.3, -0.25) is 19.1 Å². The molecule has 0 aromatic carbocycles. The summed E-state index contributed by atoms with van der Waals surface area (Å²) in [5.41, 5.74) is 1.37. The molecule has 6 nitrogen and oxygen atoms in total. The maximum Gasteiger partial charge on any atom is 0.270 e. The molecule has 2 fully saturated rings. The van der Waals surface area contributed by atoms with E-state index >= 15 is 0 Å². The largest absolute Gasteiger partial charge is 0.357 e. The fourth-order valence-corrected chi connectivity index (χ4v) is 7.62. The highest BCUT2D eigenvalue weighted by molar-refractivity contribution is 8.26. The van der Waals surface area contributed by atoms with Crippen LogP contribution in [0.25, 0.3) is 6.08 Å². The molecule has 2 aliphatic rings. The fraction of sp³-hybridized carbons (Fsp3) is 0.697. The van der Waals surface area contributed by atoms with Crippen LogP contribution in [-0.2, 0) is 11.3 Å². The van der Waals surface area contributed by atoms with Gasteiger partial charge in [0.1, 0.15) is 21.8 Å². The number of hydrogen-bond donors (Lipinski definition) is 0. The predicted molar refractivity (Wildman–Crippen MR) is 177 cm³/mol. The number of pyridine rings is 1. The summed E-state index contributed by atoms with van der Waals surface area (Å²) in [6.07, 6.45) is 16.3. The van der Waals surface area contributed by atoms with E-state index in [0.717, 1.165) is 50.2 Å². The number of aromatic nitrogens is 1. The number of nitriles is 1. The first kappa shape index (κ1) is 33.4. The van der Waals surface area contributed by atoms with Crippen molar-refractivity contribution in [1.82, 2.24) is 9.47 Å². The van der Waals surface area contributed by atoms with Gasteiger partial charge < -0.3 is 4.90 Å². The number of piperidine rings is 1. The van der Waals surface area contributed by atoms with Gasteiger partial charge in [0, 0.05) is 31.7 Å². The molecule has 0 aliphatic carbocycles. The molecule has 8 heteroatoms. The van der Waals surface area contributed by atoms with Crippen LogP contribution in [0.5, 0.6) is 0 Å². The van der Waals surface area contributed by atoms with Crippen molar-refractivity contribution in [3.8, 4) is 6.07 Å². The third-order valence-electron chi connectivity index (χ3n) is 8.35. The summed E-state index contributed by atoms with van der Waals surface area (Å²) in [5.74, 6) is 1.76. The second-order valence-corrected chi connectivity index (χ2v) is 13.8. The Morgan fingerprint density at radius 3 is 2.07 bits per heavy atom. The molecule has 1 aromatic heterocycles. The number of thioether (sulfide) groups is 1. The average molecular weight is 599 g/mol. The number of rotatable bonds is 15. The van der Waals surface area contributed by atoms with Crippen LogP contribution in [0.2, 0.25) is 0 Å². The Labute approximate surface area is 257 Å². The summed E-state index contributed by atoms with van der Waals surface area (Å²) in [6.45, 7) is 13.5. The van der Waals surface area contributed by atoms with Crippen molar-refractivity contribution >= 4 is 46.1 Å². The van der Waals surface area contributed by atoms with E-state index in [4.69, 9.17) is 12.2 Å². The molecular formula is C33H50N4O2S2. The van der Waals surface area contributed by atoms with Crippen molar-refractivity contribution in [2.24, 2.45) is 11.8 Å². The van der Waals surface area contributed by atoms with Crippen molar-refractivity contribution in [3.05, 3.63) is 31.9 Å². The first-order valence-electron chi connectivity index (χ1n) is 15.9. The van der Waals surface area contributed by atoms with Crippen LogP contribution < -0.4 is 10.5 Å². The van der Waals surface area contributed by atoms with Crippen LogP contribution in [0.15, 0.2) is 9.70 Å². The summed E-state index contributed by atoms with van der Waals surface area (Å²) >= 11 is 6.99. The van der Waals surface area contributed by atoms with Crippen LogP contribution in [0, 0.1) is 30.1 Å². The lowest BCUT2D eigenvalue weighted by Crippen LogP contribution is -2.43. The number of hydrogen-bond acceptors (Lipinski definition) is 6. The maximum absolute atomic E-state index is 13.5. The Bertz CT molecular complexity index is 1190. The zero-order valence-electron chi connectivity index (χ0n) is 26.0. The molecule has 0 N–H and O–H groups in total. The Morgan fingerprint density at radius 2 is 1.51 bits per heavy atom. The van der Waals surface area contributed by atoms with Crippen LogP contribution in [0.1, 0.15) is 121 Å². The van der Waals surface area contributed by atoms with Crippen molar-refractivity contribution in [2.45, 2.75) is 118 Å². The fourth-order valence-electron chi connectivity index (χ4n) is 6.33. The summed E-state index contributed by atoms with van der Waals surface area (Å²) in [6, 6.07) is 2.16. The SMILES string of the molecule is CCCCCCCCCCCCN1C(=O)C(=Cc2c(C)c(C#N)c(=O)n(CCC)c2N2CC(C)CC(C)C2)SC1=S. The maximum atomic E-state index is 13.5. The summed E-state index contributed by atoms with van der Waals surface area (Å²) in [4.78, 5) is 31.6. The van der Waals surface area contributed by atoms with Gasteiger partial charge in [0.2, 0.25) is 0 Å². The van der Waals surface area contributed by atoms with E-state index in [1.165, 1.54) is 63.1 Å². The minimum Gasteiger partial charge on any atom is -0.357 e. The lowest BCUT2D eigenvalue weighted by molar-refractivity contribution is -0.122. The molecule has 1 amide bonds. The second-order valence-electron chi connectivity index (χ2n) is 12.2. The first-order chi connectivity index (χ1) is 19.7. The van der Waals surface area contributed by atoms with Gasteiger partial charge in [-0.05, 0) is 49.7 Å². The molecule has 41 heavy (non-hydrogen) atoms. The number of amides is 1. The van der Waals surface area contributed by atoms with Crippen LogP contribution >= 0.6 is 24.0 Å². The molecule has 3 heterocycles. The van der Waals surface area contributed by atoms with Gasteiger partial charge in [0.15, 0.2) is 0 Å². The standard InChI is InChI=1S/C33H50N4O2S2/c1-6-8-9-10-11-12-13-14-15-16-18-37-32(39)29(41-33(37)40)20-27-26(5)28(21-34)31(38)36(17-7-2)30(27)35-22-24(3)19-25(4)23-35/h20,24-25H,6-19,22-23H2,1-5H3. The zero-order valence-corrected chi connectivity index (χ0v) is 27.6. The number of carbonyl (C=O) groups excluding carboxylic acids is 1. The normalized spacial score (nSPS) is 20.3. The molecule has 2 aliphatic heterocycles. The van der Waals surface area contributed by atoms with Gasteiger partial charge in [-0.25, -0.2) is 0 Å². The quantitative estimate of drug-likeness (QED) is 0.116. The van der Waals surface area contributed by atoms with E-state index in [2.05, 4.69) is 31.7 Å². The second kappa shape index (κ2) is 16.5. The molecule has 3 rings (SSSR count). The number of thiocarbonyl (C=S) groups is 1. The van der Waals surface area contributed by atoms with E-state index in [0.29, 0.717) is 39.7 Å². The lowest BCUT2D eigenvalue weighted by atomic mass is 9.91. The van der Waals surface area contributed by atoms with Gasteiger partial charge in [0.05, 0.1) is 4.91 Å². The number of carbonyl (C=O) groups is 1. The zero-order chi connectivity index (χ0) is 29.9. The minimum atomic E-state index is -0.238. The van der Waals surface area contributed by atoms with Crippen LogP contribution in [0.4, 0.5) is 5.82 Å². The highest BCUT2D eigenvalue weighted by Crippen LogP contribution is 2.37. The summed E-state index contributed by atoms with van der Waals surface area (Å²) < 4.78 is 2.37. The van der Waals surface area contributed by atoms with Gasteiger partial charge in [-0.2, -0.15) is 5.26 Å². The van der Waals surface area contributed by atoms with Gasteiger partial charge in [-0.15, -0.1) is 0 Å². The number of unbranched alkanes of at least 4 members (excludes halogenated alkanes) is 9. The molecule has 2 unspecified atom stereocenters. The van der Waals surface area contributed by atoms with Crippen LogP contribution in [-0.4, -0.2) is 39.3 Å². The molecule has 1 aromatic rings.